The fraction of sp³-hybridized carbons (Fsp3) is 1.00. The van der Waals surface area contributed by atoms with Crippen LogP contribution in [0.5, 0.6) is 0 Å². The maximum absolute atomic E-state index is 11.4. The minimum atomic E-state index is -6.72. The van der Waals surface area contributed by atoms with Crippen molar-refractivity contribution in [2.45, 2.75) is 23.9 Å². The van der Waals surface area contributed by atoms with Gasteiger partial charge in [-0.05, 0) is 0 Å². The molecule has 0 unspecified atom stereocenters. The van der Waals surface area contributed by atoms with Crippen LogP contribution in [0.3, 0.4) is 0 Å². The lowest BCUT2D eigenvalue weighted by atomic mass is 10.4. The first-order valence-electron chi connectivity index (χ1n) is 8.82. The first-order chi connectivity index (χ1) is 14.0. The van der Waals surface area contributed by atoms with Crippen LogP contribution in [-0.2, 0) is 34.3 Å². The molecule has 1 heterocycles. The van der Waals surface area contributed by atoms with Crippen molar-refractivity contribution < 1.29 is 61.9 Å². The molecule has 1 aliphatic rings. The quantitative estimate of drug-likeness (QED) is 0.237. The molecule has 0 radical (unpaired) electrons. The Hall–Kier alpha value is -0.720. The normalized spacial score (nSPS) is 17.3. The van der Waals surface area contributed by atoms with Gasteiger partial charge in [-0.2, -0.15) is 26.3 Å². The number of likely N-dealkylation sites (N-methyl/N-ethyl adjacent to an activating group) is 1. The summed E-state index contributed by atoms with van der Waals surface area (Å²) in [5, 5.41) is 0. The Bertz CT molecular complexity index is 678. The summed E-state index contributed by atoms with van der Waals surface area (Å²) in [5.74, 6) is 0. The number of alkyl halides is 6. The molecule has 1 aliphatic heterocycles. The number of likely N-dealkylation sites (tertiary alicyclic amines) is 1. The van der Waals surface area contributed by atoms with Gasteiger partial charge < -0.3 is 22.8 Å². The van der Waals surface area contributed by atoms with E-state index < -0.39 is 31.1 Å². The lowest BCUT2D eigenvalue weighted by molar-refractivity contribution is -0.898. The maximum atomic E-state index is 11.4. The van der Waals surface area contributed by atoms with Crippen molar-refractivity contribution in [1.29, 1.82) is 0 Å². The van der Waals surface area contributed by atoms with Crippen molar-refractivity contribution >= 4 is 20.0 Å². The maximum Gasteiger partial charge on any atom is 0.480 e. The van der Waals surface area contributed by atoms with Gasteiger partial charge in [0, 0.05) is 20.0 Å². The minimum absolute atomic E-state index is 0.660. The third kappa shape index (κ3) is 11.6. The molecule has 0 atom stereocenters. The molecule has 0 bridgehead atoms. The highest BCUT2D eigenvalue weighted by Gasteiger charge is 2.46. The highest BCUT2D eigenvalue weighted by molar-refractivity contribution is 8.13. The molecule has 1 saturated heterocycles. The van der Waals surface area contributed by atoms with E-state index in [0.717, 1.165) is 17.3 Å². The molecule has 31 heavy (non-hydrogen) atoms. The Kier molecular flexibility index (Phi) is 12.2. The Morgan fingerprint density at radius 3 is 1.55 bits per heavy atom. The first-order valence-corrected chi connectivity index (χ1v) is 11.7. The SMILES string of the molecule is COCCOCCOCC[N+]1(C)CCCC1.O=S(=O)([N-]S(=O)(=O)C(F)(F)F)C(F)(F)F. The number of halogens is 6. The third-order valence-corrected chi connectivity index (χ3v) is 6.75. The Morgan fingerprint density at radius 1 is 0.774 bits per heavy atom. The third-order valence-electron chi connectivity index (χ3n) is 4.01. The van der Waals surface area contributed by atoms with Gasteiger partial charge in [0.2, 0.25) is 0 Å². The standard InChI is InChI=1S/C12H26NO3.C2F6NO4S2/c1-13(5-3-4-6-13)7-8-15-11-12-16-10-9-14-2;3-1(4,5)14(10,11)9-15(12,13)2(6,7)8/h3-12H2,1-2H3;/q+1;-1. The zero-order chi connectivity index (χ0) is 24.4. The van der Waals surface area contributed by atoms with Gasteiger partial charge in [0.25, 0.3) is 0 Å². The van der Waals surface area contributed by atoms with Gasteiger partial charge in [-0.1, -0.05) is 0 Å². The van der Waals surface area contributed by atoms with Crippen LogP contribution in [0.15, 0.2) is 0 Å². The number of ether oxygens (including phenoxy) is 3. The number of nitrogens with zero attached hydrogens (tertiary/aromatic N) is 2. The zero-order valence-electron chi connectivity index (χ0n) is 16.9. The molecule has 0 aromatic heterocycles. The van der Waals surface area contributed by atoms with E-state index in [9.17, 15) is 43.2 Å². The van der Waals surface area contributed by atoms with Gasteiger partial charge in [0.15, 0.2) is 20.0 Å². The molecule has 1 fully saturated rings. The number of rotatable bonds is 11. The summed E-state index contributed by atoms with van der Waals surface area (Å²) < 4.78 is 126. The van der Waals surface area contributed by atoms with Crippen LogP contribution < -0.4 is 0 Å². The first kappa shape index (κ1) is 30.3. The van der Waals surface area contributed by atoms with Crippen LogP contribution in [0.25, 0.3) is 4.13 Å². The lowest BCUT2D eigenvalue weighted by Crippen LogP contribution is -2.43. The highest BCUT2D eigenvalue weighted by Crippen LogP contribution is 2.36. The molecule has 0 saturated carbocycles. The Balaban J connectivity index is 0.000000582. The smallest absolute Gasteiger partial charge is 0.421 e. The topological polar surface area (TPSA) is 110 Å². The molecule has 17 heteroatoms. The number of hydrogen-bond donors (Lipinski definition) is 0. The van der Waals surface area contributed by atoms with Crippen molar-refractivity contribution in [3.63, 3.8) is 0 Å². The van der Waals surface area contributed by atoms with Gasteiger partial charge in [-0.3, -0.25) is 0 Å². The predicted octanol–water partition coefficient (Wildman–Crippen LogP) is 1.97. The average molecular weight is 512 g/mol. The predicted molar refractivity (Wildman–Crippen MR) is 96.8 cm³/mol. The van der Waals surface area contributed by atoms with Gasteiger partial charge in [-0.15, -0.1) is 0 Å². The fourth-order valence-corrected chi connectivity index (χ4v) is 3.99. The Labute approximate surface area is 177 Å². The van der Waals surface area contributed by atoms with Crippen molar-refractivity contribution in [3.8, 4) is 0 Å². The van der Waals surface area contributed by atoms with Crippen LogP contribution in [0.1, 0.15) is 12.8 Å². The van der Waals surface area contributed by atoms with E-state index in [1.807, 2.05) is 0 Å². The Morgan fingerprint density at radius 2 is 1.16 bits per heavy atom. The zero-order valence-corrected chi connectivity index (χ0v) is 18.5. The van der Waals surface area contributed by atoms with E-state index in [4.69, 9.17) is 14.2 Å². The lowest BCUT2D eigenvalue weighted by Gasteiger charge is -2.28. The van der Waals surface area contributed by atoms with E-state index >= 15 is 0 Å². The van der Waals surface area contributed by atoms with E-state index in [1.165, 1.54) is 30.4 Å². The monoisotopic (exact) mass is 512 g/mol. The van der Waals surface area contributed by atoms with E-state index in [2.05, 4.69) is 7.05 Å². The minimum Gasteiger partial charge on any atom is -0.421 e. The van der Waals surface area contributed by atoms with Crippen molar-refractivity contribution in [2.75, 3.05) is 66.8 Å². The van der Waals surface area contributed by atoms with Crippen LogP contribution in [0, 0.1) is 0 Å². The van der Waals surface area contributed by atoms with Crippen molar-refractivity contribution in [2.24, 2.45) is 0 Å². The number of sulfonamides is 2. The molecule has 0 amide bonds. The number of hydrogen-bond acceptors (Lipinski definition) is 7. The van der Waals surface area contributed by atoms with Gasteiger partial charge in [0.1, 0.15) is 6.54 Å². The van der Waals surface area contributed by atoms with Crippen LogP contribution in [0.2, 0.25) is 0 Å². The molecule has 0 aromatic rings. The molecule has 188 valence electrons. The van der Waals surface area contributed by atoms with Gasteiger partial charge in [-0.25, -0.2) is 16.8 Å². The van der Waals surface area contributed by atoms with Crippen molar-refractivity contribution in [3.05, 3.63) is 4.13 Å². The summed E-state index contributed by atoms with van der Waals surface area (Å²) in [6.45, 7) is 7.31. The van der Waals surface area contributed by atoms with Gasteiger partial charge >= 0.3 is 11.0 Å². The summed E-state index contributed by atoms with van der Waals surface area (Å²) in [5.41, 5.74) is -12.4. The highest BCUT2D eigenvalue weighted by atomic mass is 32.3. The summed E-state index contributed by atoms with van der Waals surface area (Å²) in [6, 6.07) is 0. The van der Waals surface area contributed by atoms with E-state index in [0.29, 0.717) is 26.4 Å². The second-order valence-electron chi connectivity index (χ2n) is 6.63. The summed E-state index contributed by atoms with van der Waals surface area (Å²) in [4.78, 5) is 0. The molecular weight excluding hydrogens is 486 g/mol. The molecule has 9 nitrogen and oxygen atoms in total. The van der Waals surface area contributed by atoms with E-state index in [1.54, 1.807) is 7.11 Å². The molecule has 1 rings (SSSR count). The summed E-state index contributed by atoms with van der Waals surface area (Å²) >= 11 is 0. The van der Waals surface area contributed by atoms with E-state index in [-0.39, 0.29) is 0 Å². The largest absolute Gasteiger partial charge is 0.480 e. The van der Waals surface area contributed by atoms with Gasteiger partial charge in [0.05, 0.1) is 53.2 Å². The summed E-state index contributed by atoms with van der Waals surface area (Å²) in [6.07, 6.45) is 2.74. The molecular formula is C14H26F6N2O7S2. The molecule has 0 N–H and O–H groups in total. The second kappa shape index (κ2) is 12.5. The summed E-state index contributed by atoms with van der Waals surface area (Å²) in [7, 11) is -9.44. The van der Waals surface area contributed by atoms with Crippen LogP contribution in [-0.4, -0.2) is 99.2 Å². The fourth-order valence-electron chi connectivity index (χ4n) is 2.29. The molecule has 0 spiro atoms. The van der Waals surface area contributed by atoms with Crippen LogP contribution >= 0.6 is 0 Å². The van der Waals surface area contributed by atoms with Crippen molar-refractivity contribution in [1.82, 2.24) is 0 Å². The van der Waals surface area contributed by atoms with Crippen LogP contribution in [0.4, 0.5) is 26.3 Å². The molecule has 0 aliphatic carbocycles. The number of methoxy groups -OCH3 is 1. The average Bonchev–Trinajstić information content (AvgIpc) is 3.02. The molecule has 0 aromatic carbocycles. The number of quaternary nitrogens is 1. The second-order valence-corrected chi connectivity index (χ2v) is 10.1.